The molecule has 0 aromatic heterocycles. The molecule has 0 bridgehead atoms. The molecule has 0 saturated heterocycles. The Balaban J connectivity index is 1.88. The third kappa shape index (κ3) is 4.60. The highest BCUT2D eigenvalue weighted by molar-refractivity contribution is 9.10. The van der Waals surface area contributed by atoms with Crippen molar-refractivity contribution in [3.05, 3.63) is 63.6 Å². The van der Waals surface area contributed by atoms with Crippen molar-refractivity contribution in [1.29, 1.82) is 0 Å². The van der Waals surface area contributed by atoms with Crippen LogP contribution < -0.4 is 10.1 Å². The van der Waals surface area contributed by atoms with E-state index in [4.69, 9.17) is 4.74 Å². The van der Waals surface area contributed by atoms with Crippen LogP contribution in [0.3, 0.4) is 0 Å². The summed E-state index contributed by atoms with van der Waals surface area (Å²) < 4.78 is 6.45. The zero-order valence-electron chi connectivity index (χ0n) is 13.0. The third-order valence-corrected chi connectivity index (χ3v) is 4.12. The number of amides is 1. The molecular formula is C18H20BrNO2. The molecule has 2 rings (SSSR count). The number of ether oxygens (including phenoxy) is 1. The largest absolute Gasteiger partial charge is 0.484 e. The Kier molecular flexibility index (Phi) is 5.61. The van der Waals surface area contributed by atoms with Crippen molar-refractivity contribution in [1.82, 2.24) is 5.32 Å². The normalized spacial score (nSPS) is 11.8. The summed E-state index contributed by atoms with van der Waals surface area (Å²) in [4.78, 5) is 12.0. The van der Waals surface area contributed by atoms with Gasteiger partial charge in [-0.25, -0.2) is 0 Å². The average Bonchev–Trinajstić information content (AvgIpc) is 2.49. The average molecular weight is 362 g/mol. The highest BCUT2D eigenvalue weighted by Gasteiger charge is 2.10. The fourth-order valence-corrected chi connectivity index (χ4v) is 2.34. The molecule has 22 heavy (non-hydrogen) atoms. The Morgan fingerprint density at radius 2 is 1.82 bits per heavy atom. The zero-order valence-corrected chi connectivity index (χ0v) is 14.6. The highest BCUT2D eigenvalue weighted by Crippen LogP contribution is 2.18. The second-order valence-electron chi connectivity index (χ2n) is 5.38. The fraction of sp³-hybridized carbons (Fsp3) is 0.278. The molecule has 0 fully saturated rings. The minimum absolute atomic E-state index is 0.0107. The molecule has 116 valence electrons. The minimum Gasteiger partial charge on any atom is -0.484 e. The number of benzene rings is 2. The predicted octanol–water partition coefficient (Wildman–Crippen LogP) is 4.32. The van der Waals surface area contributed by atoms with Crippen LogP contribution in [-0.2, 0) is 4.79 Å². The van der Waals surface area contributed by atoms with E-state index >= 15 is 0 Å². The fourth-order valence-electron chi connectivity index (χ4n) is 2.08. The van der Waals surface area contributed by atoms with Crippen LogP contribution in [0.4, 0.5) is 0 Å². The molecule has 1 N–H and O–H groups in total. The molecule has 0 spiro atoms. The summed E-state index contributed by atoms with van der Waals surface area (Å²) in [6, 6.07) is 13.6. The summed E-state index contributed by atoms with van der Waals surface area (Å²) in [6.07, 6.45) is 0. The molecule has 1 atom stereocenters. The first kappa shape index (κ1) is 16.6. The Hall–Kier alpha value is -1.81. The van der Waals surface area contributed by atoms with Gasteiger partial charge in [-0.2, -0.15) is 0 Å². The number of carbonyl (C=O) groups is 1. The molecule has 3 nitrogen and oxygen atoms in total. The summed E-state index contributed by atoms with van der Waals surface area (Å²) in [5.41, 5.74) is 3.57. The first-order chi connectivity index (χ1) is 10.5. The highest BCUT2D eigenvalue weighted by atomic mass is 79.9. The summed E-state index contributed by atoms with van der Waals surface area (Å²) in [5.74, 6) is 0.547. The third-order valence-electron chi connectivity index (χ3n) is 3.59. The van der Waals surface area contributed by atoms with Gasteiger partial charge in [-0.1, -0.05) is 34.1 Å². The molecule has 0 saturated carbocycles. The number of hydrogen-bond acceptors (Lipinski definition) is 2. The Labute approximate surface area is 139 Å². The van der Waals surface area contributed by atoms with Gasteiger partial charge in [0.1, 0.15) is 5.75 Å². The van der Waals surface area contributed by atoms with Crippen molar-refractivity contribution in [2.45, 2.75) is 26.8 Å². The Morgan fingerprint density at radius 1 is 1.14 bits per heavy atom. The van der Waals surface area contributed by atoms with E-state index < -0.39 is 0 Å². The topological polar surface area (TPSA) is 38.3 Å². The van der Waals surface area contributed by atoms with Crippen LogP contribution in [-0.4, -0.2) is 12.5 Å². The van der Waals surface area contributed by atoms with E-state index in [1.807, 2.05) is 37.3 Å². The van der Waals surface area contributed by atoms with Gasteiger partial charge < -0.3 is 10.1 Å². The summed E-state index contributed by atoms with van der Waals surface area (Å²) in [6.45, 7) is 6.14. The van der Waals surface area contributed by atoms with Crippen molar-refractivity contribution < 1.29 is 9.53 Å². The number of aryl methyl sites for hydroxylation is 2. The maximum Gasteiger partial charge on any atom is 0.258 e. The lowest BCUT2D eigenvalue weighted by Gasteiger charge is -2.16. The van der Waals surface area contributed by atoms with Gasteiger partial charge in [-0.15, -0.1) is 0 Å². The van der Waals surface area contributed by atoms with Crippen LogP contribution in [0.2, 0.25) is 0 Å². The van der Waals surface area contributed by atoms with E-state index in [1.165, 1.54) is 11.1 Å². The van der Waals surface area contributed by atoms with Gasteiger partial charge in [0.25, 0.3) is 5.91 Å². The second kappa shape index (κ2) is 7.45. The van der Waals surface area contributed by atoms with E-state index in [2.05, 4.69) is 47.2 Å². The Morgan fingerprint density at radius 3 is 2.45 bits per heavy atom. The molecule has 1 amide bonds. The van der Waals surface area contributed by atoms with Gasteiger partial charge in [0.05, 0.1) is 6.04 Å². The van der Waals surface area contributed by atoms with Crippen LogP contribution in [0, 0.1) is 13.8 Å². The molecule has 0 unspecified atom stereocenters. The van der Waals surface area contributed by atoms with E-state index in [0.717, 1.165) is 10.0 Å². The monoisotopic (exact) mass is 361 g/mol. The molecule has 0 heterocycles. The van der Waals surface area contributed by atoms with Gasteiger partial charge in [-0.3, -0.25) is 4.79 Å². The van der Waals surface area contributed by atoms with Crippen molar-refractivity contribution in [2.75, 3.05) is 6.61 Å². The first-order valence-corrected chi connectivity index (χ1v) is 8.00. The molecule has 0 aliphatic rings. The van der Waals surface area contributed by atoms with E-state index in [0.29, 0.717) is 5.75 Å². The number of nitrogens with one attached hydrogen (secondary N) is 1. The zero-order chi connectivity index (χ0) is 16.1. The summed E-state index contributed by atoms with van der Waals surface area (Å²) in [5, 5.41) is 2.95. The molecular weight excluding hydrogens is 342 g/mol. The molecule has 2 aromatic carbocycles. The van der Waals surface area contributed by atoms with Gasteiger partial charge in [-0.05, 0) is 61.7 Å². The standard InChI is InChI=1S/C18H20BrNO2/c1-12-4-5-15(10-13(12)2)14(3)20-18(21)11-22-17-8-6-16(19)7-9-17/h4-10,14H,11H2,1-3H3,(H,20,21)/t14-/m1/s1. The van der Waals surface area contributed by atoms with Crippen molar-refractivity contribution in [2.24, 2.45) is 0 Å². The second-order valence-corrected chi connectivity index (χ2v) is 6.29. The van der Waals surface area contributed by atoms with Crippen LogP contribution in [0.5, 0.6) is 5.75 Å². The molecule has 0 aliphatic carbocycles. The van der Waals surface area contributed by atoms with Crippen LogP contribution in [0.1, 0.15) is 29.7 Å². The maximum atomic E-state index is 12.0. The van der Waals surface area contributed by atoms with E-state index in [9.17, 15) is 4.79 Å². The number of carbonyl (C=O) groups excluding carboxylic acids is 1. The lowest BCUT2D eigenvalue weighted by Crippen LogP contribution is -2.31. The van der Waals surface area contributed by atoms with Crippen LogP contribution >= 0.6 is 15.9 Å². The van der Waals surface area contributed by atoms with Gasteiger partial charge in [0.15, 0.2) is 6.61 Å². The lowest BCUT2D eigenvalue weighted by atomic mass is 10.0. The summed E-state index contributed by atoms with van der Waals surface area (Å²) in [7, 11) is 0. The first-order valence-electron chi connectivity index (χ1n) is 7.20. The molecule has 0 radical (unpaired) electrons. The van der Waals surface area contributed by atoms with Crippen LogP contribution in [0.15, 0.2) is 46.9 Å². The van der Waals surface area contributed by atoms with Crippen molar-refractivity contribution in [3.63, 3.8) is 0 Å². The minimum atomic E-state index is -0.131. The van der Waals surface area contributed by atoms with Gasteiger partial charge in [0.2, 0.25) is 0 Å². The van der Waals surface area contributed by atoms with Crippen molar-refractivity contribution >= 4 is 21.8 Å². The van der Waals surface area contributed by atoms with Gasteiger partial charge in [0, 0.05) is 4.47 Å². The lowest BCUT2D eigenvalue weighted by molar-refractivity contribution is -0.123. The number of rotatable bonds is 5. The van der Waals surface area contributed by atoms with Crippen molar-refractivity contribution in [3.8, 4) is 5.75 Å². The quantitative estimate of drug-likeness (QED) is 0.860. The summed E-state index contributed by atoms with van der Waals surface area (Å²) >= 11 is 3.36. The Bertz CT molecular complexity index is 653. The SMILES string of the molecule is Cc1ccc([C@@H](C)NC(=O)COc2ccc(Br)cc2)cc1C. The number of halogens is 1. The smallest absolute Gasteiger partial charge is 0.258 e. The molecule has 2 aromatic rings. The molecule has 0 aliphatic heterocycles. The van der Waals surface area contributed by atoms with E-state index in [1.54, 1.807) is 0 Å². The number of hydrogen-bond donors (Lipinski definition) is 1. The predicted molar refractivity (Wildman–Crippen MR) is 92.1 cm³/mol. The van der Waals surface area contributed by atoms with Crippen LogP contribution in [0.25, 0.3) is 0 Å². The molecule has 4 heteroatoms. The maximum absolute atomic E-state index is 12.0. The van der Waals surface area contributed by atoms with Gasteiger partial charge >= 0.3 is 0 Å². The van der Waals surface area contributed by atoms with E-state index in [-0.39, 0.29) is 18.6 Å².